The number of hydrogen-bond donors (Lipinski definition) is 0. The number of hydrogen-bond acceptors (Lipinski definition) is 3. The third kappa shape index (κ3) is 2.90. The molecule has 0 fully saturated rings. The summed E-state index contributed by atoms with van der Waals surface area (Å²) in [4.78, 5) is 22.5. The lowest BCUT2D eigenvalue weighted by molar-refractivity contribution is 0.652. The Bertz CT molecular complexity index is 1140. The van der Waals surface area contributed by atoms with Crippen molar-refractivity contribution in [1.29, 1.82) is 0 Å². The van der Waals surface area contributed by atoms with Crippen LogP contribution in [-0.4, -0.2) is 22.4 Å². The van der Waals surface area contributed by atoms with Crippen molar-refractivity contribution in [3.63, 3.8) is 0 Å². The fourth-order valence-electron chi connectivity index (χ4n) is 3.15. The summed E-state index contributed by atoms with van der Waals surface area (Å²) in [5.74, 6) is 0.265. The monoisotopic (exact) mass is 339 g/mol. The van der Waals surface area contributed by atoms with Gasteiger partial charge in [0, 0.05) is 5.39 Å². The fourth-order valence-corrected chi connectivity index (χ4v) is 3.15. The lowest BCUT2D eigenvalue weighted by atomic mass is 9.84. The Labute approximate surface area is 152 Å². The van der Waals surface area contributed by atoms with Crippen LogP contribution in [0.15, 0.2) is 65.5 Å². The molecule has 5 heteroatoms. The van der Waals surface area contributed by atoms with Crippen molar-refractivity contribution in [2.24, 2.45) is 0 Å². The quantitative estimate of drug-likeness (QED) is 0.421. The highest BCUT2D eigenvalue weighted by Gasteiger charge is 2.17. The zero-order chi connectivity index (χ0) is 18.1. The van der Waals surface area contributed by atoms with Gasteiger partial charge in [-0.3, -0.25) is 9.36 Å². The first-order valence-corrected chi connectivity index (χ1v) is 8.77. The second-order valence-electron chi connectivity index (χ2n) is 6.41. The molecule has 1 atom stereocenters. The van der Waals surface area contributed by atoms with Crippen LogP contribution in [0, 0.1) is 0 Å². The smallest absolute Gasteiger partial charge is 0.263 e. The van der Waals surface area contributed by atoms with Crippen LogP contribution in [-0.2, 0) is 6.54 Å². The van der Waals surface area contributed by atoms with Crippen LogP contribution in [0.4, 0.5) is 0 Å². The van der Waals surface area contributed by atoms with Crippen molar-refractivity contribution in [3.05, 3.63) is 82.4 Å². The average molecular weight is 339 g/mol. The third-order valence-electron chi connectivity index (χ3n) is 4.63. The zero-order valence-electron chi connectivity index (χ0n) is 14.6. The van der Waals surface area contributed by atoms with E-state index >= 15 is 0 Å². The number of pyridine rings is 1. The SMILES string of the molecule is [B]C(CC)c1nc2nc3ccccc3cc2c(=O)n1Cc1ccccc1. The van der Waals surface area contributed by atoms with Gasteiger partial charge in [-0.1, -0.05) is 61.9 Å². The Morgan fingerprint density at radius 1 is 1.04 bits per heavy atom. The molecule has 0 spiro atoms. The lowest BCUT2D eigenvalue weighted by Gasteiger charge is -2.17. The van der Waals surface area contributed by atoms with E-state index in [0.29, 0.717) is 29.8 Å². The highest BCUT2D eigenvalue weighted by Crippen LogP contribution is 2.20. The van der Waals surface area contributed by atoms with E-state index in [4.69, 9.17) is 7.85 Å². The van der Waals surface area contributed by atoms with Crippen molar-refractivity contribution in [1.82, 2.24) is 14.5 Å². The molecule has 0 N–H and O–H groups in total. The maximum Gasteiger partial charge on any atom is 0.263 e. The summed E-state index contributed by atoms with van der Waals surface area (Å²) in [7, 11) is 6.27. The minimum Gasteiger partial charge on any atom is -0.292 e. The van der Waals surface area contributed by atoms with Crippen LogP contribution in [0.25, 0.3) is 21.9 Å². The summed E-state index contributed by atoms with van der Waals surface area (Å²) < 4.78 is 1.68. The van der Waals surface area contributed by atoms with Gasteiger partial charge >= 0.3 is 0 Å². The van der Waals surface area contributed by atoms with Crippen molar-refractivity contribution >= 4 is 29.8 Å². The number of nitrogens with zero attached hydrogens (tertiary/aromatic N) is 3. The second kappa shape index (κ2) is 6.75. The Balaban J connectivity index is 1.99. The van der Waals surface area contributed by atoms with Crippen LogP contribution in [0.3, 0.4) is 0 Å². The number of aromatic nitrogens is 3. The minimum absolute atomic E-state index is 0.101. The predicted molar refractivity (Wildman–Crippen MR) is 106 cm³/mol. The van der Waals surface area contributed by atoms with Crippen LogP contribution >= 0.6 is 0 Å². The molecule has 0 aliphatic rings. The van der Waals surface area contributed by atoms with Crippen LogP contribution in [0.1, 0.15) is 30.5 Å². The van der Waals surface area contributed by atoms with Crippen molar-refractivity contribution < 1.29 is 0 Å². The van der Waals surface area contributed by atoms with Gasteiger partial charge in [-0.15, -0.1) is 0 Å². The van der Waals surface area contributed by atoms with E-state index in [-0.39, 0.29) is 11.4 Å². The highest BCUT2D eigenvalue weighted by molar-refractivity contribution is 6.12. The summed E-state index contributed by atoms with van der Waals surface area (Å²) in [5.41, 5.74) is 2.21. The predicted octanol–water partition coefficient (Wildman–Crippen LogP) is 3.61. The summed E-state index contributed by atoms with van der Waals surface area (Å²) in [6.07, 6.45) is 0.695. The van der Waals surface area contributed by atoms with E-state index in [1.807, 2.05) is 67.6 Å². The Kier molecular flexibility index (Phi) is 4.29. The molecule has 0 aliphatic carbocycles. The molecule has 4 nitrogen and oxygen atoms in total. The molecule has 2 aromatic heterocycles. The Morgan fingerprint density at radius 3 is 2.54 bits per heavy atom. The van der Waals surface area contributed by atoms with Gasteiger partial charge in [0.2, 0.25) is 0 Å². The van der Waals surface area contributed by atoms with E-state index in [2.05, 4.69) is 9.97 Å². The zero-order valence-corrected chi connectivity index (χ0v) is 14.6. The van der Waals surface area contributed by atoms with Crippen LogP contribution in [0.2, 0.25) is 0 Å². The van der Waals surface area contributed by atoms with Gasteiger partial charge in [0.15, 0.2) is 5.65 Å². The molecule has 0 saturated carbocycles. The molecule has 4 rings (SSSR count). The van der Waals surface area contributed by atoms with E-state index in [1.54, 1.807) is 4.57 Å². The summed E-state index contributed by atoms with van der Waals surface area (Å²) in [6.45, 7) is 2.43. The molecular formula is C21H18BN3O. The summed E-state index contributed by atoms with van der Waals surface area (Å²) >= 11 is 0. The van der Waals surface area contributed by atoms with Crippen molar-refractivity contribution in [2.45, 2.75) is 25.7 Å². The summed E-state index contributed by atoms with van der Waals surface area (Å²) in [6, 6.07) is 19.5. The first-order valence-electron chi connectivity index (χ1n) is 8.77. The van der Waals surface area contributed by atoms with E-state index in [0.717, 1.165) is 16.5 Å². The Morgan fingerprint density at radius 2 is 1.77 bits per heavy atom. The lowest BCUT2D eigenvalue weighted by Crippen LogP contribution is -2.28. The van der Waals surface area contributed by atoms with Gasteiger partial charge < -0.3 is 0 Å². The topological polar surface area (TPSA) is 47.8 Å². The number of para-hydroxylation sites is 1. The Hall–Kier alpha value is -2.95. The van der Waals surface area contributed by atoms with E-state index in [9.17, 15) is 4.79 Å². The summed E-state index contributed by atoms with van der Waals surface area (Å²) in [5, 5.41) is 1.45. The number of benzene rings is 2. The maximum absolute atomic E-state index is 13.2. The largest absolute Gasteiger partial charge is 0.292 e. The highest BCUT2D eigenvalue weighted by atomic mass is 16.1. The van der Waals surface area contributed by atoms with Gasteiger partial charge in [-0.2, -0.15) is 0 Å². The first-order chi connectivity index (χ1) is 12.7. The molecule has 0 saturated heterocycles. The van der Waals surface area contributed by atoms with Crippen molar-refractivity contribution in [3.8, 4) is 0 Å². The van der Waals surface area contributed by atoms with Crippen LogP contribution < -0.4 is 5.56 Å². The molecule has 26 heavy (non-hydrogen) atoms. The standard InChI is InChI=1S/C21H18BN3O/c1-2-17(22)20-24-19-16(12-15-10-6-7-11-18(15)23-19)21(26)25(20)13-14-8-4-3-5-9-14/h3-12,17H,2,13H2,1H3. The van der Waals surface area contributed by atoms with Gasteiger partial charge in [0.05, 0.1) is 25.3 Å². The second-order valence-corrected chi connectivity index (χ2v) is 6.41. The average Bonchev–Trinajstić information content (AvgIpc) is 2.69. The molecule has 2 heterocycles. The van der Waals surface area contributed by atoms with Gasteiger partial charge in [0.25, 0.3) is 5.56 Å². The fraction of sp³-hybridized carbons (Fsp3) is 0.190. The third-order valence-corrected chi connectivity index (χ3v) is 4.63. The normalized spacial score (nSPS) is 12.5. The van der Waals surface area contributed by atoms with E-state index in [1.165, 1.54) is 0 Å². The number of fused-ring (bicyclic) bond motifs is 2. The molecule has 0 aliphatic heterocycles. The molecule has 4 aromatic rings. The molecule has 0 bridgehead atoms. The number of rotatable bonds is 4. The molecular weight excluding hydrogens is 321 g/mol. The van der Waals surface area contributed by atoms with E-state index < -0.39 is 0 Å². The molecule has 1 unspecified atom stereocenters. The first kappa shape index (κ1) is 16.5. The van der Waals surface area contributed by atoms with Gasteiger partial charge in [0.1, 0.15) is 5.82 Å². The van der Waals surface area contributed by atoms with Gasteiger partial charge in [-0.25, -0.2) is 9.97 Å². The van der Waals surface area contributed by atoms with Gasteiger partial charge in [-0.05, 0) is 23.5 Å². The maximum atomic E-state index is 13.2. The molecule has 2 radical (unpaired) electrons. The van der Waals surface area contributed by atoms with Crippen molar-refractivity contribution in [2.75, 3.05) is 0 Å². The molecule has 0 amide bonds. The van der Waals surface area contributed by atoms with Crippen LogP contribution in [0.5, 0.6) is 0 Å². The molecule has 126 valence electrons. The minimum atomic E-state index is -0.316. The molecule has 2 aromatic carbocycles.